The molecule has 248 valence electrons. The van der Waals surface area contributed by atoms with Gasteiger partial charge in [0.1, 0.15) is 0 Å². The van der Waals surface area contributed by atoms with Crippen molar-refractivity contribution < 1.29 is 19.8 Å². The fraction of sp³-hybridized carbons (Fsp3) is 0.895. The topological polar surface area (TPSA) is 74.6 Å². The van der Waals surface area contributed by atoms with Crippen LogP contribution in [0.25, 0.3) is 0 Å². The molecule has 0 fully saturated rings. The van der Waals surface area contributed by atoms with Crippen LogP contribution in [0.5, 0.6) is 0 Å². The van der Waals surface area contributed by atoms with Gasteiger partial charge in [-0.25, -0.2) is 9.59 Å². The number of unbranched alkanes of at least 4 members (excludes halogenated alkanes) is 28. The molecule has 0 spiro atoms. The Hall–Kier alpha value is -1.32. The van der Waals surface area contributed by atoms with Gasteiger partial charge >= 0.3 is 11.9 Å². The first-order valence-electron chi connectivity index (χ1n) is 18.7. The van der Waals surface area contributed by atoms with Crippen molar-refractivity contribution in [2.24, 2.45) is 0 Å². The van der Waals surface area contributed by atoms with Crippen LogP contribution in [0.3, 0.4) is 0 Å². The summed E-state index contributed by atoms with van der Waals surface area (Å²) in [5, 5.41) is 19.4. The van der Waals surface area contributed by atoms with Crippen LogP contribution in [0.2, 0.25) is 0 Å². The number of carboxylic acids is 2. The van der Waals surface area contributed by atoms with E-state index in [1.54, 1.807) is 0 Å². The SMILES string of the molecule is CCCCCCCCCCCCCCCCCC/C(C(=O)O)=C(\CCCCCCCCCCCCCCCC)C(=O)O. The zero-order chi connectivity index (χ0) is 30.9. The third kappa shape index (κ3) is 27.5. The molecule has 4 nitrogen and oxygen atoms in total. The van der Waals surface area contributed by atoms with Crippen molar-refractivity contribution in [3.63, 3.8) is 0 Å². The van der Waals surface area contributed by atoms with Gasteiger partial charge in [0.2, 0.25) is 0 Å². The molecular weight excluding hydrogens is 520 g/mol. The summed E-state index contributed by atoms with van der Waals surface area (Å²) in [6.45, 7) is 4.53. The van der Waals surface area contributed by atoms with E-state index in [9.17, 15) is 19.8 Å². The number of carboxylic acid groups (broad SMARTS) is 2. The minimum atomic E-state index is -1.04. The third-order valence-corrected chi connectivity index (χ3v) is 8.94. The van der Waals surface area contributed by atoms with Crippen LogP contribution >= 0.6 is 0 Å². The minimum Gasteiger partial charge on any atom is -0.478 e. The van der Waals surface area contributed by atoms with Crippen LogP contribution in [-0.4, -0.2) is 22.2 Å². The van der Waals surface area contributed by atoms with Gasteiger partial charge in [-0.3, -0.25) is 0 Å². The summed E-state index contributed by atoms with van der Waals surface area (Å²) in [4.78, 5) is 23.7. The lowest BCUT2D eigenvalue weighted by molar-refractivity contribution is -0.136. The first kappa shape index (κ1) is 40.7. The molecule has 0 heterocycles. The zero-order valence-corrected chi connectivity index (χ0v) is 28.3. The molecule has 42 heavy (non-hydrogen) atoms. The van der Waals surface area contributed by atoms with Gasteiger partial charge in [0.05, 0.1) is 0 Å². The normalized spacial score (nSPS) is 12.0. The first-order valence-corrected chi connectivity index (χ1v) is 18.7. The van der Waals surface area contributed by atoms with Crippen molar-refractivity contribution in [3.05, 3.63) is 11.1 Å². The standard InChI is InChI=1S/C38H72O4/c1-3-5-7-9-11-13-15-17-19-20-22-24-26-28-30-32-34-36(38(41)42)35(37(39)40)33-31-29-27-25-23-21-18-16-14-12-10-8-6-4-2/h3-34H2,1-2H3,(H,39,40)(H,41,42)/b36-35-. The van der Waals surface area contributed by atoms with E-state index >= 15 is 0 Å². The van der Waals surface area contributed by atoms with Gasteiger partial charge in [-0.15, -0.1) is 0 Å². The summed E-state index contributed by atoms with van der Waals surface area (Å²) in [5.74, 6) is -2.09. The van der Waals surface area contributed by atoms with Gasteiger partial charge in [-0.05, 0) is 25.7 Å². The molecular formula is C38H72O4. The van der Waals surface area contributed by atoms with Gasteiger partial charge in [-0.2, -0.15) is 0 Å². The third-order valence-electron chi connectivity index (χ3n) is 8.94. The Morgan fingerprint density at radius 1 is 0.310 bits per heavy atom. The van der Waals surface area contributed by atoms with Crippen molar-refractivity contribution in [3.8, 4) is 0 Å². The number of hydrogen-bond donors (Lipinski definition) is 2. The highest BCUT2D eigenvalue weighted by molar-refractivity contribution is 5.98. The molecule has 0 aliphatic heterocycles. The molecule has 0 unspecified atom stereocenters. The Balaban J connectivity index is 3.87. The van der Waals surface area contributed by atoms with E-state index in [-0.39, 0.29) is 11.1 Å². The fourth-order valence-electron chi connectivity index (χ4n) is 6.12. The van der Waals surface area contributed by atoms with E-state index in [1.165, 1.54) is 154 Å². The van der Waals surface area contributed by atoms with E-state index in [0.717, 1.165) is 38.5 Å². The van der Waals surface area contributed by atoms with Crippen molar-refractivity contribution in [1.82, 2.24) is 0 Å². The Kier molecular flexibility index (Phi) is 31.6. The van der Waals surface area contributed by atoms with Gasteiger partial charge in [0.25, 0.3) is 0 Å². The predicted molar refractivity (Wildman–Crippen MR) is 181 cm³/mol. The van der Waals surface area contributed by atoms with Crippen molar-refractivity contribution in [1.29, 1.82) is 0 Å². The highest BCUT2D eigenvalue weighted by Crippen LogP contribution is 2.22. The Morgan fingerprint density at radius 2 is 0.476 bits per heavy atom. The Bertz CT molecular complexity index is 639. The van der Waals surface area contributed by atoms with E-state index in [0.29, 0.717) is 12.8 Å². The summed E-state index contributed by atoms with van der Waals surface area (Å²) in [5.41, 5.74) is 0.282. The maximum atomic E-state index is 11.9. The molecule has 0 aromatic carbocycles. The van der Waals surface area contributed by atoms with E-state index in [2.05, 4.69) is 13.8 Å². The van der Waals surface area contributed by atoms with Crippen LogP contribution < -0.4 is 0 Å². The highest BCUT2D eigenvalue weighted by atomic mass is 16.4. The van der Waals surface area contributed by atoms with E-state index < -0.39 is 11.9 Å². The molecule has 0 bridgehead atoms. The van der Waals surface area contributed by atoms with Gasteiger partial charge < -0.3 is 10.2 Å². The largest absolute Gasteiger partial charge is 0.478 e. The Labute approximate surface area is 261 Å². The summed E-state index contributed by atoms with van der Waals surface area (Å²) in [6.07, 6.45) is 38.8. The van der Waals surface area contributed by atoms with Crippen LogP contribution in [0.4, 0.5) is 0 Å². The highest BCUT2D eigenvalue weighted by Gasteiger charge is 2.19. The monoisotopic (exact) mass is 593 g/mol. The molecule has 0 aromatic rings. The smallest absolute Gasteiger partial charge is 0.332 e. The lowest BCUT2D eigenvalue weighted by Crippen LogP contribution is -2.12. The Morgan fingerprint density at radius 3 is 0.643 bits per heavy atom. The maximum absolute atomic E-state index is 11.9. The van der Waals surface area contributed by atoms with E-state index in [4.69, 9.17) is 0 Å². The molecule has 4 heteroatoms. The summed E-state index contributed by atoms with van der Waals surface area (Å²) in [6, 6.07) is 0. The molecule has 0 rings (SSSR count). The zero-order valence-electron chi connectivity index (χ0n) is 28.3. The molecule has 0 saturated heterocycles. The molecule has 0 atom stereocenters. The average Bonchev–Trinajstić information content (AvgIpc) is 2.97. The minimum absolute atomic E-state index is 0.141. The number of aliphatic carboxylic acids is 2. The summed E-state index contributed by atoms with van der Waals surface area (Å²) >= 11 is 0. The molecule has 2 N–H and O–H groups in total. The second-order valence-corrected chi connectivity index (χ2v) is 13.0. The lowest BCUT2D eigenvalue weighted by atomic mass is 9.96. The molecule has 0 amide bonds. The second-order valence-electron chi connectivity index (χ2n) is 13.0. The van der Waals surface area contributed by atoms with Crippen molar-refractivity contribution in [2.45, 2.75) is 219 Å². The first-order chi connectivity index (χ1) is 20.5. The number of carbonyl (C=O) groups is 2. The predicted octanol–water partition coefficient (Wildman–Crippen LogP) is 13.0. The maximum Gasteiger partial charge on any atom is 0.332 e. The van der Waals surface area contributed by atoms with Crippen molar-refractivity contribution >= 4 is 11.9 Å². The summed E-state index contributed by atoms with van der Waals surface area (Å²) < 4.78 is 0. The van der Waals surface area contributed by atoms with Gasteiger partial charge in [0.15, 0.2) is 0 Å². The van der Waals surface area contributed by atoms with E-state index in [1.807, 2.05) is 0 Å². The van der Waals surface area contributed by atoms with Gasteiger partial charge in [0, 0.05) is 11.1 Å². The number of rotatable bonds is 34. The van der Waals surface area contributed by atoms with Crippen LogP contribution in [0.1, 0.15) is 219 Å². The van der Waals surface area contributed by atoms with Crippen LogP contribution in [0, 0.1) is 0 Å². The fourth-order valence-corrected chi connectivity index (χ4v) is 6.12. The average molecular weight is 593 g/mol. The second kappa shape index (κ2) is 32.6. The van der Waals surface area contributed by atoms with Crippen LogP contribution in [0.15, 0.2) is 11.1 Å². The molecule has 0 radical (unpaired) electrons. The lowest BCUT2D eigenvalue weighted by Gasteiger charge is -2.10. The summed E-state index contributed by atoms with van der Waals surface area (Å²) in [7, 11) is 0. The van der Waals surface area contributed by atoms with Crippen LogP contribution in [-0.2, 0) is 9.59 Å². The van der Waals surface area contributed by atoms with Gasteiger partial charge in [-0.1, -0.05) is 194 Å². The number of hydrogen-bond acceptors (Lipinski definition) is 2. The molecule has 0 aromatic heterocycles. The molecule has 0 saturated carbocycles. The quantitative estimate of drug-likeness (QED) is 0.0575. The molecule has 0 aliphatic rings. The van der Waals surface area contributed by atoms with Crippen molar-refractivity contribution in [2.75, 3.05) is 0 Å². The molecule has 0 aliphatic carbocycles.